The van der Waals surface area contributed by atoms with Crippen LogP contribution in [-0.2, 0) is 11.3 Å². The number of ether oxygens (including phenoxy) is 1. The first-order valence-electron chi connectivity index (χ1n) is 9.15. The van der Waals surface area contributed by atoms with Crippen molar-refractivity contribution in [3.8, 4) is 0 Å². The molecular weight excluding hydrogens is 329 g/mol. The Kier molecular flexibility index (Phi) is 4.41. The van der Waals surface area contributed by atoms with E-state index in [4.69, 9.17) is 4.74 Å². The van der Waals surface area contributed by atoms with Gasteiger partial charge in [0.15, 0.2) is 0 Å². The first-order chi connectivity index (χ1) is 12.5. The van der Waals surface area contributed by atoms with Crippen molar-refractivity contribution >= 4 is 22.4 Å². The molecule has 1 atom stereocenters. The van der Waals surface area contributed by atoms with Gasteiger partial charge in [-0.15, -0.1) is 0 Å². The number of anilines is 2. The normalized spacial score (nSPS) is 16.9. The molecule has 2 aromatic heterocycles. The number of halogens is 1. The van der Waals surface area contributed by atoms with Gasteiger partial charge in [0.05, 0.1) is 11.6 Å². The van der Waals surface area contributed by atoms with Crippen LogP contribution in [0.5, 0.6) is 0 Å². The molecule has 136 valence electrons. The zero-order valence-corrected chi connectivity index (χ0v) is 15.4. The molecule has 1 aliphatic rings. The van der Waals surface area contributed by atoms with Crippen molar-refractivity contribution in [1.29, 1.82) is 0 Å². The maximum atomic E-state index is 13.9. The zero-order valence-electron chi connectivity index (χ0n) is 15.4. The molecule has 0 spiro atoms. The molecule has 1 aliphatic heterocycles. The van der Waals surface area contributed by atoms with Crippen molar-refractivity contribution in [3.05, 3.63) is 53.6 Å². The molecule has 0 saturated carbocycles. The Labute approximate surface area is 153 Å². The zero-order chi connectivity index (χ0) is 18.3. The Morgan fingerprint density at radius 1 is 1.35 bits per heavy atom. The van der Waals surface area contributed by atoms with E-state index in [1.807, 2.05) is 19.2 Å². The first-order valence-corrected chi connectivity index (χ1v) is 9.15. The standard InChI is InChI=1S/C21H24FN3O/c1-13(2)18-11-15(22)10-14(3)20(18)24-21-17-5-8-25(12-16-6-9-26-16)19(17)4-7-23-21/h4-5,7-8,10-11,13,16H,6,9,12H2,1-3H3,(H,23,24). The second-order valence-corrected chi connectivity index (χ2v) is 7.31. The summed E-state index contributed by atoms with van der Waals surface area (Å²) in [5, 5.41) is 4.53. The van der Waals surface area contributed by atoms with Crippen LogP contribution in [0.2, 0.25) is 0 Å². The Morgan fingerprint density at radius 3 is 2.85 bits per heavy atom. The van der Waals surface area contributed by atoms with E-state index in [0.29, 0.717) is 6.10 Å². The average Bonchev–Trinajstić information content (AvgIpc) is 2.97. The fraction of sp³-hybridized carbons (Fsp3) is 0.381. The molecule has 0 radical (unpaired) electrons. The number of hydrogen-bond acceptors (Lipinski definition) is 3. The van der Waals surface area contributed by atoms with Gasteiger partial charge in [-0.3, -0.25) is 0 Å². The van der Waals surface area contributed by atoms with Crippen LogP contribution >= 0.6 is 0 Å². The molecule has 4 rings (SSSR count). The molecule has 1 unspecified atom stereocenters. The average molecular weight is 353 g/mol. The summed E-state index contributed by atoms with van der Waals surface area (Å²) in [6, 6.07) is 7.28. The lowest BCUT2D eigenvalue weighted by Gasteiger charge is -2.27. The number of hydrogen-bond donors (Lipinski definition) is 1. The minimum atomic E-state index is -0.199. The lowest BCUT2D eigenvalue weighted by molar-refractivity contribution is -0.0586. The Bertz CT molecular complexity index is 944. The highest BCUT2D eigenvalue weighted by atomic mass is 19.1. The third-order valence-electron chi connectivity index (χ3n) is 5.09. The largest absolute Gasteiger partial charge is 0.376 e. The van der Waals surface area contributed by atoms with Gasteiger partial charge in [-0.2, -0.15) is 0 Å². The Balaban J connectivity index is 1.72. The van der Waals surface area contributed by atoms with Crippen LogP contribution in [0.25, 0.3) is 10.9 Å². The van der Waals surface area contributed by atoms with Crippen LogP contribution in [0.1, 0.15) is 37.3 Å². The summed E-state index contributed by atoms with van der Waals surface area (Å²) < 4.78 is 21.6. The summed E-state index contributed by atoms with van der Waals surface area (Å²) in [4.78, 5) is 4.54. The van der Waals surface area contributed by atoms with Crippen LogP contribution in [0, 0.1) is 12.7 Å². The summed E-state index contributed by atoms with van der Waals surface area (Å²) in [6.45, 7) is 7.79. The second kappa shape index (κ2) is 6.72. The third-order valence-corrected chi connectivity index (χ3v) is 5.09. The fourth-order valence-corrected chi connectivity index (χ4v) is 3.54. The quantitative estimate of drug-likeness (QED) is 0.690. The molecule has 0 amide bonds. The van der Waals surface area contributed by atoms with E-state index >= 15 is 0 Å². The maximum Gasteiger partial charge on any atom is 0.139 e. The minimum Gasteiger partial charge on any atom is -0.376 e. The van der Waals surface area contributed by atoms with Gasteiger partial charge < -0.3 is 14.6 Å². The van der Waals surface area contributed by atoms with Gasteiger partial charge in [-0.1, -0.05) is 13.8 Å². The van der Waals surface area contributed by atoms with Crippen molar-refractivity contribution in [3.63, 3.8) is 0 Å². The van der Waals surface area contributed by atoms with Gasteiger partial charge in [0.2, 0.25) is 0 Å². The number of aromatic nitrogens is 2. The van der Waals surface area contributed by atoms with E-state index in [2.05, 4.69) is 41.0 Å². The molecule has 1 aromatic carbocycles. The molecule has 1 N–H and O–H groups in total. The van der Waals surface area contributed by atoms with Gasteiger partial charge in [0.1, 0.15) is 11.6 Å². The molecule has 4 nitrogen and oxygen atoms in total. The number of aryl methyl sites for hydroxylation is 1. The monoisotopic (exact) mass is 353 g/mol. The first kappa shape index (κ1) is 17.0. The van der Waals surface area contributed by atoms with Crippen LogP contribution in [0.4, 0.5) is 15.9 Å². The minimum absolute atomic E-state index is 0.199. The van der Waals surface area contributed by atoms with Crippen LogP contribution in [-0.4, -0.2) is 22.3 Å². The number of rotatable bonds is 5. The molecule has 5 heteroatoms. The lowest BCUT2D eigenvalue weighted by atomic mass is 9.97. The summed E-state index contributed by atoms with van der Waals surface area (Å²) in [5.41, 5.74) is 3.92. The van der Waals surface area contributed by atoms with E-state index in [1.165, 1.54) is 0 Å². The number of nitrogens with zero attached hydrogens (tertiary/aromatic N) is 2. The molecule has 1 fully saturated rings. The molecule has 3 heterocycles. The highest BCUT2D eigenvalue weighted by Crippen LogP contribution is 2.33. The highest BCUT2D eigenvalue weighted by molar-refractivity contribution is 5.92. The predicted molar refractivity (Wildman–Crippen MR) is 103 cm³/mol. The van der Waals surface area contributed by atoms with Crippen molar-refractivity contribution in [2.45, 2.75) is 45.8 Å². The van der Waals surface area contributed by atoms with E-state index < -0.39 is 0 Å². The number of pyridine rings is 1. The van der Waals surface area contributed by atoms with Gasteiger partial charge >= 0.3 is 0 Å². The van der Waals surface area contributed by atoms with E-state index in [9.17, 15) is 4.39 Å². The number of fused-ring (bicyclic) bond motifs is 1. The van der Waals surface area contributed by atoms with E-state index in [0.717, 1.165) is 53.1 Å². The predicted octanol–water partition coefficient (Wildman–Crippen LogP) is 5.14. The number of benzene rings is 1. The van der Waals surface area contributed by atoms with Gasteiger partial charge in [0, 0.05) is 36.6 Å². The third kappa shape index (κ3) is 3.07. The van der Waals surface area contributed by atoms with Gasteiger partial charge in [-0.05, 0) is 54.7 Å². The summed E-state index contributed by atoms with van der Waals surface area (Å²) >= 11 is 0. The second-order valence-electron chi connectivity index (χ2n) is 7.31. The van der Waals surface area contributed by atoms with Crippen molar-refractivity contribution in [1.82, 2.24) is 9.55 Å². The Morgan fingerprint density at radius 2 is 2.15 bits per heavy atom. The maximum absolute atomic E-state index is 13.9. The Hall–Kier alpha value is -2.40. The fourth-order valence-electron chi connectivity index (χ4n) is 3.54. The molecule has 0 bridgehead atoms. The van der Waals surface area contributed by atoms with Crippen molar-refractivity contribution in [2.24, 2.45) is 0 Å². The molecule has 26 heavy (non-hydrogen) atoms. The topological polar surface area (TPSA) is 39.1 Å². The number of nitrogens with one attached hydrogen (secondary N) is 1. The molecule has 0 aliphatic carbocycles. The van der Waals surface area contributed by atoms with Crippen LogP contribution < -0.4 is 5.32 Å². The molecule has 3 aromatic rings. The van der Waals surface area contributed by atoms with Crippen LogP contribution in [0.15, 0.2) is 36.7 Å². The molecule has 1 saturated heterocycles. The van der Waals surface area contributed by atoms with Crippen molar-refractivity contribution < 1.29 is 9.13 Å². The van der Waals surface area contributed by atoms with Crippen LogP contribution in [0.3, 0.4) is 0 Å². The summed E-state index contributed by atoms with van der Waals surface area (Å²) in [5.74, 6) is 0.813. The van der Waals surface area contributed by atoms with Gasteiger partial charge in [-0.25, -0.2) is 9.37 Å². The smallest absolute Gasteiger partial charge is 0.139 e. The summed E-state index contributed by atoms with van der Waals surface area (Å²) in [6.07, 6.45) is 5.32. The SMILES string of the molecule is Cc1cc(F)cc(C(C)C)c1Nc1nccc2c1ccn2CC1CCO1. The lowest BCUT2D eigenvalue weighted by Crippen LogP contribution is -2.30. The van der Waals surface area contributed by atoms with E-state index in [1.54, 1.807) is 12.1 Å². The summed E-state index contributed by atoms with van der Waals surface area (Å²) in [7, 11) is 0. The van der Waals surface area contributed by atoms with Crippen molar-refractivity contribution in [2.75, 3.05) is 11.9 Å². The van der Waals surface area contributed by atoms with E-state index in [-0.39, 0.29) is 11.7 Å². The molecular formula is C21H24FN3O. The highest BCUT2D eigenvalue weighted by Gasteiger charge is 2.20. The van der Waals surface area contributed by atoms with Gasteiger partial charge in [0.25, 0.3) is 0 Å².